The van der Waals surface area contributed by atoms with Crippen LogP contribution in [0, 0.1) is 6.92 Å². The van der Waals surface area contributed by atoms with E-state index < -0.39 is 0 Å². The van der Waals surface area contributed by atoms with E-state index >= 15 is 0 Å². The van der Waals surface area contributed by atoms with Gasteiger partial charge in [0.15, 0.2) is 0 Å². The lowest BCUT2D eigenvalue weighted by Gasteiger charge is -2.38. The number of rotatable bonds is 5. The number of carbonyl (C=O) groups excluding carboxylic acids is 2. The SMILES string of the molecule is CCOC(=O)c1cn([C@@H]2CC[C@@H](C)N(C(=O)c3ccccc3-n3nccn3)C2)nc1C. The molecule has 2 aromatic heterocycles. The summed E-state index contributed by atoms with van der Waals surface area (Å²) in [5, 5.41) is 12.9. The number of esters is 1. The van der Waals surface area contributed by atoms with E-state index in [2.05, 4.69) is 22.2 Å². The molecular formula is C22H26N6O3. The largest absolute Gasteiger partial charge is 0.462 e. The number of piperidine rings is 1. The Kier molecular flexibility index (Phi) is 5.83. The van der Waals surface area contributed by atoms with Gasteiger partial charge in [-0.2, -0.15) is 20.1 Å². The molecule has 31 heavy (non-hydrogen) atoms. The number of ether oxygens (including phenoxy) is 1. The molecule has 1 aromatic carbocycles. The number of para-hydroxylation sites is 1. The number of nitrogens with zero attached hydrogens (tertiary/aromatic N) is 6. The fraction of sp³-hybridized carbons (Fsp3) is 0.409. The van der Waals surface area contributed by atoms with Crippen molar-refractivity contribution in [3.8, 4) is 5.69 Å². The van der Waals surface area contributed by atoms with Gasteiger partial charge in [-0.05, 0) is 45.7 Å². The van der Waals surface area contributed by atoms with Gasteiger partial charge in [0.05, 0.1) is 42.0 Å². The van der Waals surface area contributed by atoms with Crippen molar-refractivity contribution in [2.24, 2.45) is 0 Å². The smallest absolute Gasteiger partial charge is 0.341 e. The second kappa shape index (κ2) is 8.71. The Morgan fingerprint density at radius 2 is 1.87 bits per heavy atom. The zero-order valence-electron chi connectivity index (χ0n) is 17.9. The normalized spacial score (nSPS) is 18.7. The van der Waals surface area contributed by atoms with E-state index in [1.165, 1.54) is 4.80 Å². The second-order valence-corrected chi connectivity index (χ2v) is 7.70. The van der Waals surface area contributed by atoms with Crippen molar-refractivity contribution in [2.45, 2.75) is 45.7 Å². The molecule has 1 aliphatic rings. The summed E-state index contributed by atoms with van der Waals surface area (Å²) in [6, 6.07) is 7.41. The van der Waals surface area contributed by atoms with Gasteiger partial charge < -0.3 is 9.64 Å². The second-order valence-electron chi connectivity index (χ2n) is 7.70. The minimum atomic E-state index is -0.371. The van der Waals surface area contributed by atoms with Crippen LogP contribution in [0.1, 0.15) is 59.1 Å². The minimum Gasteiger partial charge on any atom is -0.462 e. The number of hydrogen-bond donors (Lipinski definition) is 0. The van der Waals surface area contributed by atoms with Gasteiger partial charge in [-0.15, -0.1) is 0 Å². The summed E-state index contributed by atoms with van der Waals surface area (Å²) in [5.74, 6) is -0.441. The Bertz CT molecular complexity index is 1070. The molecule has 4 rings (SSSR count). The van der Waals surface area contributed by atoms with Gasteiger partial charge in [0.1, 0.15) is 5.56 Å². The molecule has 0 saturated carbocycles. The zero-order valence-corrected chi connectivity index (χ0v) is 17.9. The number of likely N-dealkylation sites (tertiary alicyclic amines) is 1. The molecule has 1 amide bonds. The highest BCUT2D eigenvalue weighted by molar-refractivity contribution is 5.98. The van der Waals surface area contributed by atoms with E-state index in [9.17, 15) is 9.59 Å². The van der Waals surface area contributed by atoms with E-state index in [1.54, 1.807) is 43.2 Å². The Morgan fingerprint density at radius 1 is 1.13 bits per heavy atom. The molecule has 2 atom stereocenters. The van der Waals surface area contributed by atoms with Crippen molar-refractivity contribution >= 4 is 11.9 Å². The monoisotopic (exact) mass is 422 g/mol. The van der Waals surface area contributed by atoms with Crippen molar-refractivity contribution < 1.29 is 14.3 Å². The summed E-state index contributed by atoms with van der Waals surface area (Å²) in [6.45, 7) is 6.45. The summed E-state index contributed by atoms with van der Waals surface area (Å²) in [6.07, 6.45) is 6.62. The van der Waals surface area contributed by atoms with E-state index in [-0.39, 0.29) is 24.0 Å². The molecule has 1 aliphatic heterocycles. The lowest BCUT2D eigenvalue weighted by Crippen LogP contribution is -2.46. The molecule has 0 radical (unpaired) electrons. The van der Waals surface area contributed by atoms with Crippen LogP contribution in [-0.4, -0.2) is 60.7 Å². The highest BCUT2D eigenvalue weighted by Gasteiger charge is 2.32. The predicted octanol–water partition coefficient (Wildman–Crippen LogP) is 2.81. The molecule has 3 aromatic rings. The van der Waals surface area contributed by atoms with Crippen LogP contribution in [-0.2, 0) is 4.74 Å². The first-order valence-electron chi connectivity index (χ1n) is 10.5. The van der Waals surface area contributed by atoms with Crippen LogP contribution in [0.2, 0.25) is 0 Å². The summed E-state index contributed by atoms with van der Waals surface area (Å²) >= 11 is 0. The quantitative estimate of drug-likeness (QED) is 0.587. The van der Waals surface area contributed by atoms with Gasteiger partial charge in [0, 0.05) is 18.8 Å². The first-order valence-corrected chi connectivity index (χ1v) is 10.5. The van der Waals surface area contributed by atoms with E-state index in [0.29, 0.717) is 35.7 Å². The Labute approximate surface area is 180 Å². The molecule has 1 saturated heterocycles. The Balaban J connectivity index is 1.59. The number of aryl methyl sites for hydroxylation is 1. The molecule has 9 nitrogen and oxygen atoms in total. The third-order valence-corrected chi connectivity index (χ3v) is 5.67. The fourth-order valence-corrected chi connectivity index (χ4v) is 3.99. The molecule has 0 aliphatic carbocycles. The molecule has 1 fully saturated rings. The molecule has 9 heteroatoms. The number of hydrogen-bond acceptors (Lipinski definition) is 6. The maximum absolute atomic E-state index is 13.5. The lowest BCUT2D eigenvalue weighted by molar-refractivity contribution is 0.0519. The van der Waals surface area contributed by atoms with Crippen LogP contribution in [0.5, 0.6) is 0 Å². The highest BCUT2D eigenvalue weighted by atomic mass is 16.5. The van der Waals surface area contributed by atoms with E-state index in [0.717, 1.165) is 12.8 Å². The van der Waals surface area contributed by atoms with Gasteiger partial charge >= 0.3 is 5.97 Å². The molecule has 0 unspecified atom stereocenters. The van der Waals surface area contributed by atoms with E-state index in [4.69, 9.17) is 4.74 Å². The standard InChI is InChI=1S/C22H26N6O3/c1-4-31-22(30)19-14-27(25-16(19)3)17-10-9-15(2)26(13-17)21(29)18-7-5-6-8-20(18)28-23-11-12-24-28/h5-8,11-12,14-15,17H,4,9-10,13H2,1-3H3/t15-,17-/m1/s1. The maximum atomic E-state index is 13.5. The zero-order chi connectivity index (χ0) is 22.0. The van der Waals surface area contributed by atoms with Gasteiger partial charge in [0.25, 0.3) is 5.91 Å². The number of aromatic nitrogens is 5. The number of amides is 1. The van der Waals surface area contributed by atoms with Crippen LogP contribution in [0.4, 0.5) is 0 Å². The molecule has 0 spiro atoms. The third-order valence-electron chi connectivity index (χ3n) is 5.67. The summed E-state index contributed by atoms with van der Waals surface area (Å²) in [5.41, 5.74) is 2.29. The van der Waals surface area contributed by atoms with Gasteiger partial charge in [-0.3, -0.25) is 9.48 Å². The van der Waals surface area contributed by atoms with E-state index in [1.807, 2.05) is 23.1 Å². The third kappa shape index (κ3) is 4.08. The predicted molar refractivity (Wildman–Crippen MR) is 113 cm³/mol. The van der Waals surface area contributed by atoms with Crippen LogP contribution in [0.3, 0.4) is 0 Å². The van der Waals surface area contributed by atoms with Crippen LogP contribution < -0.4 is 0 Å². The van der Waals surface area contributed by atoms with Gasteiger partial charge in [0.2, 0.25) is 0 Å². The average Bonchev–Trinajstić information content (AvgIpc) is 3.44. The van der Waals surface area contributed by atoms with Crippen molar-refractivity contribution in [2.75, 3.05) is 13.2 Å². The van der Waals surface area contributed by atoms with Crippen molar-refractivity contribution in [3.05, 3.63) is 59.7 Å². The number of carbonyl (C=O) groups is 2. The first-order chi connectivity index (χ1) is 15.0. The fourth-order valence-electron chi connectivity index (χ4n) is 3.99. The van der Waals surface area contributed by atoms with Gasteiger partial charge in [-0.25, -0.2) is 4.79 Å². The van der Waals surface area contributed by atoms with Gasteiger partial charge in [-0.1, -0.05) is 12.1 Å². The van der Waals surface area contributed by atoms with Crippen LogP contribution in [0.25, 0.3) is 5.69 Å². The Hall–Kier alpha value is -3.49. The van der Waals surface area contributed by atoms with Crippen molar-refractivity contribution in [3.63, 3.8) is 0 Å². The molecular weight excluding hydrogens is 396 g/mol. The summed E-state index contributed by atoms with van der Waals surface area (Å²) < 4.78 is 6.92. The lowest BCUT2D eigenvalue weighted by atomic mass is 9.98. The van der Waals surface area contributed by atoms with Crippen LogP contribution >= 0.6 is 0 Å². The minimum absolute atomic E-state index is 0.0167. The topological polar surface area (TPSA) is 95.1 Å². The molecule has 162 valence electrons. The average molecular weight is 422 g/mol. The highest BCUT2D eigenvalue weighted by Crippen LogP contribution is 2.28. The van der Waals surface area contributed by atoms with Crippen LogP contribution in [0.15, 0.2) is 42.9 Å². The first kappa shape index (κ1) is 20.8. The molecule has 0 bridgehead atoms. The van der Waals surface area contributed by atoms with Crippen molar-refractivity contribution in [1.82, 2.24) is 29.7 Å². The summed E-state index contributed by atoms with van der Waals surface area (Å²) in [7, 11) is 0. The van der Waals surface area contributed by atoms with Crippen molar-refractivity contribution in [1.29, 1.82) is 0 Å². The summed E-state index contributed by atoms with van der Waals surface area (Å²) in [4.78, 5) is 29.0. The maximum Gasteiger partial charge on any atom is 0.341 e. The Morgan fingerprint density at radius 3 is 2.61 bits per heavy atom. The molecule has 0 N–H and O–H groups in total. The molecule has 3 heterocycles. The number of benzene rings is 1.